The third-order valence-corrected chi connectivity index (χ3v) is 23.2. The highest BCUT2D eigenvalue weighted by Gasteiger charge is 2.33. The van der Waals surface area contributed by atoms with E-state index in [4.69, 9.17) is 0 Å². The van der Waals surface area contributed by atoms with Crippen molar-refractivity contribution in [1.82, 2.24) is 139 Å². The number of carbonyl (C=O) groups is 7. The van der Waals surface area contributed by atoms with Gasteiger partial charge in [-0.3, -0.25) is 19.2 Å². The summed E-state index contributed by atoms with van der Waals surface area (Å²) in [6.45, 7) is 13.2. The molecular weight excluding hydrogens is 1790 g/mol. The number of aliphatic hydroxyl groups is 1. The van der Waals surface area contributed by atoms with Gasteiger partial charge in [0.1, 0.15) is 81.6 Å². The molecule has 12 aromatic heterocycles. The summed E-state index contributed by atoms with van der Waals surface area (Å²) < 4.78 is 71.3. The molecule has 4 amide bonds. The predicted molar refractivity (Wildman–Crippen MR) is 484 cm³/mol. The molecule has 4 aliphatic rings. The van der Waals surface area contributed by atoms with E-state index in [0.717, 1.165) is 83.5 Å². The minimum absolute atomic E-state index is 0.104. The highest BCUT2D eigenvalue weighted by atomic mass is 19.1. The van der Waals surface area contributed by atoms with Gasteiger partial charge in [-0.15, -0.1) is 20.4 Å². The van der Waals surface area contributed by atoms with Gasteiger partial charge in [0.15, 0.2) is 12.1 Å². The smallest absolute Gasteiger partial charge is 0.328 e. The first-order chi connectivity index (χ1) is 66.5. The molecule has 0 aliphatic heterocycles. The first-order valence-electron chi connectivity index (χ1n) is 43.7. The van der Waals surface area contributed by atoms with E-state index < -0.39 is 77.0 Å². The fourth-order valence-corrected chi connectivity index (χ4v) is 14.8. The molecule has 0 bridgehead atoms. The van der Waals surface area contributed by atoms with Crippen LogP contribution in [0.2, 0.25) is 0 Å². The Bertz CT molecular complexity index is 7130. The fraction of sp³-hybridized carbons (Fsp3) is 0.272. The van der Waals surface area contributed by atoms with Crippen LogP contribution < -0.4 is 21.3 Å². The highest BCUT2D eigenvalue weighted by molar-refractivity contribution is 6.07. The standard InChI is InChI=1S/2C23H21FN8O3.C23H23FN8O2.C23H21FN8O2/c2*1-12-8-16(24)15(9-19(12)31-10-18(25-11-31)14-6-7-14)22(33)27-20-5-3-4-17(26-20)21-28-29-30-32(21)13(2)23(34)35;2*1-13-8-17(24)16(9-20(13)31-10-19(25-12-31)15-6-7-15)23(34)27-21-5-3-4-18(26-21)22-28-29-30-32(22)14(2)11-33/h2*3-5,8-11,13-14H,6-7H2,1-2H3,(H,34,35)(H,26,27,33);3-5,8-10,12,14-15,33H,6-7,11H2,1-2H3,(H,26,27,34);3-5,8-12,14-15H,6-7H2,1-2H3,(H,26,27,34)/t;;14-;/m..1./s1. The number of amides is 4. The van der Waals surface area contributed by atoms with Crippen LogP contribution in [0.4, 0.5) is 40.8 Å². The molecule has 20 rings (SSSR count). The minimum Gasteiger partial charge on any atom is -0.480 e. The predicted octanol–water partition coefficient (Wildman–Crippen LogP) is 12.6. The number of halogens is 4. The van der Waals surface area contributed by atoms with Crippen LogP contribution in [0.15, 0.2) is 171 Å². The Labute approximate surface area is 780 Å². The Morgan fingerprint density at radius 3 is 0.870 bits per heavy atom. The summed E-state index contributed by atoms with van der Waals surface area (Å²) >= 11 is 0. The Balaban J connectivity index is 0.000000127. The number of pyridine rings is 4. The summed E-state index contributed by atoms with van der Waals surface area (Å²) in [5, 5.41) is 83.5. The van der Waals surface area contributed by atoms with E-state index in [0.29, 0.717) is 92.2 Å². The van der Waals surface area contributed by atoms with Crippen molar-refractivity contribution in [2.45, 2.75) is 155 Å². The van der Waals surface area contributed by atoms with Gasteiger partial charge in [-0.2, -0.15) is 0 Å². The summed E-state index contributed by atoms with van der Waals surface area (Å²) in [6.07, 6.45) is 24.1. The number of rotatable bonds is 28. The third-order valence-electron chi connectivity index (χ3n) is 23.2. The largest absolute Gasteiger partial charge is 0.480 e. The second-order valence-electron chi connectivity index (χ2n) is 33.6. The van der Waals surface area contributed by atoms with Gasteiger partial charge in [-0.25, -0.2) is 85.7 Å². The molecule has 0 saturated heterocycles. The van der Waals surface area contributed by atoms with Gasteiger partial charge in [-0.05, 0) is 268 Å². The van der Waals surface area contributed by atoms with Gasteiger partial charge >= 0.3 is 11.9 Å². The molecule has 42 nitrogen and oxygen atoms in total. The van der Waals surface area contributed by atoms with Gasteiger partial charge in [0.25, 0.3) is 23.6 Å². The van der Waals surface area contributed by atoms with Crippen molar-refractivity contribution in [2.24, 2.45) is 0 Å². The van der Waals surface area contributed by atoms with Crippen molar-refractivity contribution < 1.29 is 66.4 Å². The van der Waals surface area contributed by atoms with Crippen LogP contribution in [0, 0.1) is 51.0 Å². The number of carboxylic acid groups (broad SMARTS) is 2. The average Bonchev–Trinajstić information content (AvgIpc) is 1.68. The number of tetrazole rings is 4. The van der Waals surface area contributed by atoms with E-state index >= 15 is 0 Å². The third kappa shape index (κ3) is 20.6. The molecule has 4 saturated carbocycles. The van der Waals surface area contributed by atoms with Gasteiger partial charge in [0.05, 0.1) is 106 Å². The SMILES string of the molecule is Cc1cc(F)c(C(=O)Nc2cccc(-c3nnnn3C(C)C(=O)O)n2)cc1-n1cnc(C2CC2)c1.Cc1cc(F)c(C(=O)Nc2cccc(-c3nnnn3C(C)C(=O)O)n2)cc1-n1cnc(C2CC2)c1.Cc1cc(F)c(C(=O)Nc2cccc(-c3nnnn3C(C)C=O)n2)cc1-n1cnc(C2CC2)c1.Cc1cc(F)c(C(=O)Nc2cccc(-c3nnnn3[C@H](C)CO)n2)cc1-n1cnc(C2CC2)c1. The molecule has 3 unspecified atom stereocenters. The molecule has 16 aromatic rings. The minimum atomic E-state index is -1.11. The maximum absolute atomic E-state index is 14.8. The number of anilines is 4. The summed E-state index contributed by atoms with van der Waals surface area (Å²) in [5.74, 6) is -4.05. The quantitative estimate of drug-likeness (QED) is 0.0177. The monoisotopic (exact) mass is 1870 g/mol. The van der Waals surface area contributed by atoms with E-state index in [1.165, 1.54) is 83.9 Å². The van der Waals surface area contributed by atoms with Crippen molar-refractivity contribution in [3.8, 4) is 68.8 Å². The molecule has 0 spiro atoms. The molecule has 138 heavy (non-hydrogen) atoms. The van der Waals surface area contributed by atoms with Crippen LogP contribution in [0.25, 0.3) is 68.8 Å². The summed E-state index contributed by atoms with van der Waals surface area (Å²) in [4.78, 5) is 121. The van der Waals surface area contributed by atoms with Crippen LogP contribution in [0.1, 0.15) is 213 Å². The molecule has 4 aromatic carbocycles. The zero-order valence-electron chi connectivity index (χ0n) is 75.0. The topological polar surface area (TPSA) is 526 Å². The molecule has 4 aliphatic carbocycles. The highest BCUT2D eigenvalue weighted by Crippen LogP contribution is 2.43. The lowest BCUT2D eigenvalue weighted by Gasteiger charge is -2.12. The second-order valence-corrected chi connectivity index (χ2v) is 33.6. The van der Waals surface area contributed by atoms with E-state index in [2.05, 4.69) is 123 Å². The zero-order valence-corrected chi connectivity index (χ0v) is 75.0. The number of aryl methyl sites for hydroxylation is 4. The maximum Gasteiger partial charge on any atom is 0.328 e. The van der Waals surface area contributed by atoms with Crippen molar-refractivity contribution >= 4 is 65.1 Å². The molecule has 12 heterocycles. The molecular formula is C92H86F4N32O10. The van der Waals surface area contributed by atoms with Crippen LogP contribution in [0.3, 0.4) is 0 Å². The van der Waals surface area contributed by atoms with E-state index in [1.807, 2.05) is 33.9 Å². The van der Waals surface area contributed by atoms with Crippen molar-refractivity contribution in [3.05, 3.63) is 262 Å². The lowest BCUT2D eigenvalue weighted by Crippen LogP contribution is -2.19. The van der Waals surface area contributed by atoms with Crippen molar-refractivity contribution in [1.29, 1.82) is 0 Å². The second kappa shape index (κ2) is 39.5. The Morgan fingerprint density at radius 2 is 0.623 bits per heavy atom. The molecule has 46 heteroatoms. The number of nitrogens with zero attached hydrogens (tertiary/aromatic N) is 28. The number of carbonyl (C=O) groups excluding carboxylic acids is 5. The molecule has 4 atom stereocenters. The lowest BCUT2D eigenvalue weighted by molar-refractivity contribution is -0.141. The van der Waals surface area contributed by atoms with E-state index in [1.54, 1.807) is 137 Å². The fourth-order valence-electron chi connectivity index (χ4n) is 14.8. The van der Waals surface area contributed by atoms with Crippen LogP contribution in [-0.4, -0.2) is 203 Å². The number of hydrogen-bond donors (Lipinski definition) is 7. The van der Waals surface area contributed by atoms with Gasteiger partial charge in [0, 0.05) is 48.5 Å². The zero-order chi connectivity index (χ0) is 97.0. The Kier molecular flexibility index (Phi) is 26.5. The Morgan fingerprint density at radius 1 is 0.377 bits per heavy atom. The summed E-state index contributed by atoms with van der Waals surface area (Å²) in [7, 11) is 0. The normalized spacial score (nSPS) is 14.1. The Hall–Kier alpha value is -17.2. The summed E-state index contributed by atoms with van der Waals surface area (Å²) in [5.41, 5.74) is 10.1. The number of aromatic nitrogens is 28. The number of aliphatic carboxylic acids is 2. The average molecular weight is 1880 g/mol. The maximum atomic E-state index is 14.8. The van der Waals surface area contributed by atoms with E-state index in [-0.39, 0.29) is 87.0 Å². The number of benzene rings is 4. The van der Waals surface area contributed by atoms with Crippen molar-refractivity contribution in [3.63, 3.8) is 0 Å². The van der Waals surface area contributed by atoms with Crippen LogP contribution in [-0.2, 0) is 14.4 Å². The first kappa shape index (κ1) is 92.6. The van der Waals surface area contributed by atoms with Crippen LogP contribution in [0.5, 0.6) is 0 Å². The number of aldehydes is 1. The number of nitrogens with one attached hydrogen (secondary N) is 4. The number of aliphatic hydroxyl groups excluding tert-OH is 1. The number of carboxylic acids is 2. The molecule has 0 radical (unpaired) electrons. The molecule has 702 valence electrons. The lowest BCUT2D eigenvalue weighted by atomic mass is 10.1. The van der Waals surface area contributed by atoms with Gasteiger partial charge in [0.2, 0.25) is 23.3 Å². The molecule has 4 fully saturated rings. The summed E-state index contributed by atoms with van der Waals surface area (Å²) in [6, 6.07) is 27.6. The van der Waals surface area contributed by atoms with E-state index in [9.17, 15) is 66.4 Å². The van der Waals surface area contributed by atoms with Crippen LogP contribution >= 0.6 is 0 Å². The van der Waals surface area contributed by atoms with Gasteiger partial charge < -0.3 is 59.6 Å². The molecule has 7 N–H and O–H groups in total. The van der Waals surface area contributed by atoms with Crippen molar-refractivity contribution in [2.75, 3.05) is 27.9 Å². The first-order valence-corrected chi connectivity index (χ1v) is 43.7. The van der Waals surface area contributed by atoms with Gasteiger partial charge in [-0.1, -0.05) is 24.3 Å². The number of hydrogen-bond acceptors (Lipinski definition) is 28. The number of imidazole rings is 4.